The van der Waals surface area contributed by atoms with Crippen LogP contribution in [-0.4, -0.2) is 24.4 Å². The summed E-state index contributed by atoms with van der Waals surface area (Å²) < 4.78 is 27.2. The number of carboxylic acids is 1. The van der Waals surface area contributed by atoms with Crippen LogP contribution in [0.1, 0.15) is 0 Å². The van der Waals surface area contributed by atoms with E-state index in [1.54, 1.807) is 0 Å². The average molecular weight is 191 g/mol. The molecule has 0 aliphatic rings. The fraction of sp³-hybridized carbons (Fsp3) is 0.143. The molecule has 0 atom stereocenters. The first-order valence-corrected chi connectivity index (χ1v) is 3.04. The van der Waals surface area contributed by atoms with Gasteiger partial charge in [-0.1, -0.05) is 6.58 Å². The molecule has 0 aromatic carbocycles. The maximum Gasteiger partial charge on any atom is 0.387 e. The van der Waals surface area contributed by atoms with Crippen molar-refractivity contribution in [2.75, 3.05) is 0 Å². The van der Waals surface area contributed by atoms with Crippen LogP contribution >= 0.6 is 0 Å². The standard InChI is InChI=1S/C7H7F2NO3/c1-3-4(13-7(8)9)5(10-2)6(11)12/h3,7H,1-2H2,(H,11,12)/b5-4+. The number of carbonyl (C=O) groups is 1. The lowest BCUT2D eigenvalue weighted by Gasteiger charge is -2.05. The van der Waals surface area contributed by atoms with Gasteiger partial charge in [0.1, 0.15) is 0 Å². The van der Waals surface area contributed by atoms with Gasteiger partial charge >= 0.3 is 12.6 Å². The number of allylic oxidation sites excluding steroid dienone is 1. The van der Waals surface area contributed by atoms with Crippen LogP contribution in [0, 0.1) is 0 Å². The van der Waals surface area contributed by atoms with E-state index >= 15 is 0 Å². The molecular weight excluding hydrogens is 184 g/mol. The Hall–Kier alpha value is -1.72. The van der Waals surface area contributed by atoms with E-state index in [9.17, 15) is 13.6 Å². The summed E-state index contributed by atoms with van der Waals surface area (Å²) in [5.74, 6) is -2.12. The second-order valence-corrected chi connectivity index (χ2v) is 1.76. The molecule has 0 aliphatic heterocycles. The molecule has 0 saturated carbocycles. The number of carboxylic acid groups (broad SMARTS) is 1. The minimum absolute atomic E-state index is 0.613. The van der Waals surface area contributed by atoms with E-state index in [1.807, 2.05) is 0 Å². The highest BCUT2D eigenvalue weighted by Crippen LogP contribution is 2.12. The molecule has 0 rings (SSSR count). The zero-order valence-corrected chi connectivity index (χ0v) is 6.54. The van der Waals surface area contributed by atoms with Gasteiger partial charge in [-0.05, 0) is 12.8 Å². The first kappa shape index (κ1) is 11.3. The summed E-state index contributed by atoms with van der Waals surface area (Å²) >= 11 is 0. The molecule has 13 heavy (non-hydrogen) atoms. The van der Waals surface area contributed by atoms with E-state index in [-0.39, 0.29) is 0 Å². The van der Waals surface area contributed by atoms with E-state index in [0.29, 0.717) is 0 Å². The van der Waals surface area contributed by atoms with Gasteiger partial charge < -0.3 is 9.84 Å². The molecule has 0 radical (unpaired) electrons. The molecule has 0 bridgehead atoms. The number of rotatable bonds is 5. The van der Waals surface area contributed by atoms with Gasteiger partial charge in [0, 0.05) is 0 Å². The van der Waals surface area contributed by atoms with E-state index in [1.165, 1.54) is 0 Å². The molecule has 0 heterocycles. The molecule has 0 saturated heterocycles. The van der Waals surface area contributed by atoms with Crippen molar-refractivity contribution in [1.82, 2.24) is 0 Å². The molecule has 0 unspecified atom stereocenters. The molecule has 72 valence electrons. The minimum atomic E-state index is -3.12. The lowest BCUT2D eigenvalue weighted by Crippen LogP contribution is -2.06. The van der Waals surface area contributed by atoms with Gasteiger partial charge in [0.25, 0.3) is 0 Å². The van der Waals surface area contributed by atoms with Crippen molar-refractivity contribution in [3.63, 3.8) is 0 Å². The van der Waals surface area contributed by atoms with Crippen molar-refractivity contribution < 1.29 is 23.4 Å². The van der Waals surface area contributed by atoms with Crippen LogP contribution in [0.25, 0.3) is 0 Å². The fourth-order valence-electron chi connectivity index (χ4n) is 0.548. The summed E-state index contributed by atoms with van der Waals surface area (Å²) in [6, 6.07) is 0. The third-order valence-corrected chi connectivity index (χ3v) is 0.996. The Morgan fingerprint density at radius 1 is 1.62 bits per heavy atom. The maximum absolute atomic E-state index is 11.7. The monoisotopic (exact) mass is 191 g/mol. The Kier molecular flexibility index (Phi) is 4.36. The lowest BCUT2D eigenvalue weighted by molar-refractivity contribution is -0.133. The van der Waals surface area contributed by atoms with E-state index < -0.39 is 24.0 Å². The molecule has 6 heteroatoms. The number of hydrogen-bond donors (Lipinski definition) is 1. The normalized spacial score (nSPS) is 11.9. The highest BCUT2D eigenvalue weighted by molar-refractivity contribution is 5.88. The van der Waals surface area contributed by atoms with E-state index in [2.05, 4.69) is 23.0 Å². The second kappa shape index (κ2) is 5.02. The third-order valence-electron chi connectivity index (χ3n) is 0.996. The van der Waals surface area contributed by atoms with Crippen molar-refractivity contribution >= 4 is 12.7 Å². The SMILES string of the molecule is C=C/C(OC(F)F)=C(\N=C)C(=O)O. The van der Waals surface area contributed by atoms with E-state index in [4.69, 9.17) is 5.11 Å². The smallest absolute Gasteiger partial charge is 0.387 e. The molecule has 0 fully saturated rings. The summed E-state index contributed by atoms with van der Waals surface area (Å²) in [7, 11) is 0. The molecule has 0 aromatic rings. The fourth-order valence-corrected chi connectivity index (χ4v) is 0.548. The molecule has 0 aliphatic carbocycles. The maximum atomic E-state index is 11.7. The quantitative estimate of drug-likeness (QED) is 0.309. The van der Waals surface area contributed by atoms with Gasteiger partial charge in [-0.25, -0.2) is 4.79 Å². The minimum Gasteiger partial charge on any atom is -0.476 e. The van der Waals surface area contributed by atoms with Crippen LogP contribution in [0.15, 0.2) is 29.1 Å². The predicted molar refractivity (Wildman–Crippen MR) is 41.5 cm³/mol. The molecule has 1 N–H and O–H groups in total. The van der Waals surface area contributed by atoms with Gasteiger partial charge in [-0.3, -0.25) is 4.99 Å². The van der Waals surface area contributed by atoms with Crippen LogP contribution in [0.3, 0.4) is 0 Å². The first-order chi connectivity index (χ1) is 6.02. The Morgan fingerprint density at radius 3 is 2.38 bits per heavy atom. The number of alkyl halides is 2. The van der Waals surface area contributed by atoms with Crippen LogP contribution in [0.4, 0.5) is 8.78 Å². The van der Waals surface area contributed by atoms with Crippen LogP contribution < -0.4 is 0 Å². The average Bonchev–Trinajstić information content (AvgIpc) is 2.02. The van der Waals surface area contributed by atoms with Crippen molar-refractivity contribution in [3.8, 4) is 0 Å². The number of aliphatic imine (C=N–C) groups is 1. The van der Waals surface area contributed by atoms with Gasteiger partial charge in [-0.15, -0.1) is 0 Å². The van der Waals surface area contributed by atoms with Crippen molar-refractivity contribution in [3.05, 3.63) is 24.1 Å². The topological polar surface area (TPSA) is 58.9 Å². The zero-order chi connectivity index (χ0) is 10.4. The number of halogens is 2. The molecule has 0 aromatic heterocycles. The Balaban J connectivity index is 4.93. The van der Waals surface area contributed by atoms with Gasteiger partial charge in [0.2, 0.25) is 0 Å². The first-order valence-electron chi connectivity index (χ1n) is 3.04. The molecule has 0 spiro atoms. The summed E-state index contributed by atoms with van der Waals surface area (Å²) in [6.45, 7) is 2.87. The Bertz CT molecular complexity index is 260. The number of nitrogens with zero attached hydrogens (tertiary/aromatic N) is 1. The summed E-state index contributed by atoms with van der Waals surface area (Å²) in [5.41, 5.74) is -0.699. The number of aliphatic carboxylic acids is 1. The van der Waals surface area contributed by atoms with Gasteiger partial charge in [-0.2, -0.15) is 8.78 Å². The lowest BCUT2D eigenvalue weighted by atomic mass is 10.3. The van der Waals surface area contributed by atoms with Gasteiger partial charge in [0.15, 0.2) is 11.5 Å². The van der Waals surface area contributed by atoms with E-state index in [0.717, 1.165) is 6.08 Å². The van der Waals surface area contributed by atoms with Crippen molar-refractivity contribution in [1.29, 1.82) is 0 Å². The van der Waals surface area contributed by atoms with Crippen molar-refractivity contribution in [2.45, 2.75) is 6.61 Å². The Morgan fingerprint density at radius 2 is 2.15 bits per heavy atom. The predicted octanol–water partition coefficient (Wildman–Crippen LogP) is 1.41. The molecule has 4 nitrogen and oxygen atoms in total. The summed E-state index contributed by atoms with van der Waals surface area (Å²) in [5, 5.41) is 8.42. The number of ether oxygens (including phenoxy) is 1. The van der Waals surface area contributed by atoms with Crippen LogP contribution in [-0.2, 0) is 9.53 Å². The molecular formula is C7H7F2NO3. The highest BCUT2D eigenvalue weighted by atomic mass is 19.3. The summed E-state index contributed by atoms with van der Waals surface area (Å²) in [4.78, 5) is 13.4. The largest absolute Gasteiger partial charge is 0.476 e. The van der Waals surface area contributed by atoms with Crippen molar-refractivity contribution in [2.24, 2.45) is 4.99 Å². The number of hydrogen-bond acceptors (Lipinski definition) is 3. The third kappa shape index (κ3) is 3.46. The second-order valence-electron chi connectivity index (χ2n) is 1.76. The van der Waals surface area contributed by atoms with Gasteiger partial charge in [0.05, 0.1) is 0 Å². The zero-order valence-electron chi connectivity index (χ0n) is 6.54. The summed E-state index contributed by atoms with van der Waals surface area (Å²) in [6.07, 6.45) is 0.824. The van der Waals surface area contributed by atoms with Crippen LogP contribution in [0.2, 0.25) is 0 Å². The highest BCUT2D eigenvalue weighted by Gasteiger charge is 2.15. The molecule has 0 amide bonds. The van der Waals surface area contributed by atoms with Crippen LogP contribution in [0.5, 0.6) is 0 Å². The Labute approximate surface area is 72.8 Å².